The summed E-state index contributed by atoms with van der Waals surface area (Å²) < 4.78 is 57.2. The summed E-state index contributed by atoms with van der Waals surface area (Å²) in [7, 11) is 0. The maximum atomic E-state index is 13.5. The van der Waals surface area contributed by atoms with Gasteiger partial charge in [-0.2, -0.15) is 4.39 Å². The topological polar surface area (TPSA) is 83.8 Å². The molecule has 0 saturated heterocycles. The lowest BCUT2D eigenvalue weighted by molar-refractivity contribution is 0.0651. The number of aromatic carboxylic acids is 2. The first-order valence-electron chi connectivity index (χ1n) is 5.84. The van der Waals surface area contributed by atoms with Crippen molar-refractivity contribution in [2.45, 2.75) is 0 Å². The van der Waals surface area contributed by atoms with Gasteiger partial charge in [-0.1, -0.05) is 0 Å². The minimum Gasteiger partial charge on any atom is -0.478 e. The highest BCUT2D eigenvalue weighted by Gasteiger charge is 2.22. The fraction of sp³-hybridized carbons (Fsp3) is 0. The van der Waals surface area contributed by atoms with Gasteiger partial charge in [0, 0.05) is 6.07 Å². The Bertz CT molecular complexity index is 819. The quantitative estimate of drug-likeness (QED) is 0.510. The maximum Gasteiger partial charge on any atom is 0.336 e. The van der Waals surface area contributed by atoms with Gasteiger partial charge in [-0.15, -0.1) is 0 Å². The lowest BCUT2D eigenvalue weighted by Gasteiger charge is -2.10. The van der Waals surface area contributed by atoms with Crippen molar-refractivity contribution in [3.05, 3.63) is 58.7 Å². The molecular weight excluding hydrogens is 324 g/mol. The number of carboxylic acid groups (broad SMARTS) is 2. The molecule has 0 fully saturated rings. The van der Waals surface area contributed by atoms with Gasteiger partial charge in [-0.3, -0.25) is 0 Å². The zero-order valence-corrected chi connectivity index (χ0v) is 10.9. The molecule has 0 saturated carbocycles. The van der Waals surface area contributed by atoms with Crippen LogP contribution in [0.2, 0.25) is 0 Å². The minimum atomic E-state index is -2.10. The zero-order chi connectivity index (χ0) is 17.3. The monoisotopic (exact) mass is 330 g/mol. The zero-order valence-electron chi connectivity index (χ0n) is 10.9. The van der Waals surface area contributed by atoms with Gasteiger partial charge in [0.2, 0.25) is 11.6 Å². The van der Waals surface area contributed by atoms with Gasteiger partial charge in [0.25, 0.3) is 0 Å². The number of rotatable bonds is 4. The fourth-order valence-corrected chi connectivity index (χ4v) is 1.70. The van der Waals surface area contributed by atoms with Crippen molar-refractivity contribution in [2.24, 2.45) is 0 Å². The standard InChI is InChI=1S/C14H6F4O5/c15-8-4-9(11(17)12(18)10(8)16)23-5-1-2-6(13(19)20)7(3-5)14(21)22/h1-4H,(H,19,20)(H,21,22). The Morgan fingerprint density at radius 2 is 1.43 bits per heavy atom. The molecule has 2 rings (SSSR count). The van der Waals surface area contributed by atoms with Crippen molar-refractivity contribution >= 4 is 11.9 Å². The van der Waals surface area contributed by atoms with Gasteiger partial charge in [0.1, 0.15) is 5.75 Å². The molecule has 5 nitrogen and oxygen atoms in total. The molecule has 0 aromatic heterocycles. The predicted molar refractivity (Wildman–Crippen MR) is 66.7 cm³/mol. The molecule has 120 valence electrons. The molecule has 0 unspecified atom stereocenters. The lowest BCUT2D eigenvalue weighted by atomic mass is 10.1. The largest absolute Gasteiger partial charge is 0.478 e. The Hall–Kier alpha value is -3.10. The van der Waals surface area contributed by atoms with E-state index < -0.39 is 57.8 Å². The molecule has 0 aliphatic heterocycles. The third kappa shape index (κ3) is 3.07. The summed E-state index contributed by atoms with van der Waals surface area (Å²) in [5.74, 6) is -12.2. The van der Waals surface area contributed by atoms with E-state index in [4.69, 9.17) is 14.9 Å². The molecule has 0 radical (unpaired) electrons. The Balaban J connectivity index is 2.48. The number of hydrogen-bond acceptors (Lipinski definition) is 3. The van der Waals surface area contributed by atoms with Gasteiger partial charge in [-0.05, 0) is 18.2 Å². The van der Waals surface area contributed by atoms with Crippen molar-refractivity contribution in [3.8, 4) is 11.5 Å². The summed E-state index contributed by atoms with van der Waals surface area (Å²) >= 11 is 0. The van der Waals surface area contributed by atoms with E-state index in [9.17, 15) is 27.2 Å². The number of carbonyl (C=O) groups is 2. The van der Waals surface area contributed by atoms with Crippen LogP contribution in [0.25, 0.3) is 0 Å². The summed E-state index contributed by atoms with van der Waals surface area (Å²) in [6.45, 7) is 0. The summed E-state index contributed by atoms with van der Waals surface area (Å²) in [5.41, 5.74) is -1.25. The smallest absolute Gasteiger partial charge is 0.336 e. The summed E-state index contributed by atoms with van der Waals surface area (Å²) in [5, 5.41) is 17.8. The van der Waals surface area contributed by atoms with E-state index in [2.05, 4.69) is 0 Å². The summed E-state index contributed by atoms with van der Waals surface area (Å²) in [4.78, 5) is 21.9. The van der Waals surface area contributed by atoms with Crippen molar-refractivity contribution in [1.29, 1.82) is 0 Å². The molecule has 2 aromatic rings. The van der Waals surface area contributed by atoms with Crippen LogP contribution in [0.3, 0.4) is 0 Å². The number of carboxylic acids is 2. The maximum absolute atomic E-state index is 13.5. The van der Waals surface area contributed by atoms with Crippen LogP contribution in [0.4, 0.5) is 17.6 Å². The van der Waals surface area contributed by atoms with Crippen LogP contribution in [0, 0.1) is 23.3 Å². The van der Waals surface area contributed by atoms with Gasteiger partial charge in [0.05, 0.1) is 11.1 Å². The van der Waals surface area contributed by atoms with Crippen molar-refractivity contribution in [3.63, 3.8) is 0 Å². The first-order valence-corrected chi connectivity index (χ1v) is 5.84. The second kappa shape index (κ2) is 5.95. The van der Waals surface area contributed by atoms with E-state index in [0.717, 1.165) is 18.2 Å². The molecule has 2 N–H and O–H groups in total. The molecule has 0 aliphatic carbocycles. The predicted octanol–water partition coefficient (Wildman–Crippen LogP) is 3.43. The van der Waals surface area contributed by atoms with Crippen molar-refractivity contribution < 1.29 is 42.1 Å². The van der Waals surface area contributed by atoms with Crippen LogP contribution in [0.5, 0.6) is 11.5 Å². The Labute approximate surface area is 125 Å². The Kier molecular flexibility index (Phi) is 4.21. The van der Waals surface area contributed by atoms with Crippen molar-refractivity contribution in [1.82, 2.24) is 0 Å². The van der Waals surface area contributed by atoms with Gasteiger partial charge in [-0.25, -0.2) is 22.8 Å². The number of hydrogen-bond donors (Lipinski definition) is 2. The highest BCUT2D eigenvalue weighted by atomic mass is 19.2. The second-order valence-corrected chi connectivity index (χ2v) is 4.22. The van der Waals surface area contributed by atoms with Gasteiger partial charge >= 0.3 is 11.9 Å². The summed E-state index contributed by atoms with van der Waals surface area (Å²) in [6.07, 6.45) is 0. The third-order valence-corrected chi connectivity index (χ3v) is 2.75. The van der Waals surface area contributed by atoms with E-state index >= 15 is 0 Å². The highest BCUT2D eigenvalue weighted by Crippen LogP contribution is 2.30. The Morgan fingerprint density at radius 3 is 2.00 bits per heavy atom. The van der Waals surface area contributed by atoms with Crippen LogP contribution >= 0.6 is 0 Å². The Morgan fingerprint density at radius 1 is 0.826 bits per heavy atom. The highest BCUT2D eigenvalue weighted by molar-refractivity contribution is 6.02. The van der Waals surface area contributed by atoms with Crippen LogP contribution in [-0.2, 0) is 0 Å². The van der Waals surface area contributed by atoms with Gasteiger partial charge in [0.15, 0.2) is 17.4 Å². The van der Waals surface area contributed by atoms with E-state index in [-0.39, 0.29) is 6.07 Å². The molecule has 2 aromatic carbocycles. The second-order valence-electron chi connectivity index (χ2n) is 4.22. The average molecular weight is 330 g/mol. The molecule has 0 amide bonds. The number of benzene rings is 2. The fourth-order valence-electron chi connectivity index (χ4n) is 1.70. The van der Waals surface area contributed by atoms with Crippen LogP contribution in [0.1, 0.15) is 20.7 Å². The molecule has 9 heteroatoms. The van der Waals surface area contributed by atoms with Crippen LogP contribution in [-0.4, -0.2) is 22.2 Å². The SMILES string of the molecule is O=C(O)c1ccc(Oc2cc(F)c(F)c(F)c2F)cc1C(=O)O. The number of ether oxygens (including phenoxy) is 1. The molecule has 23 heavy (non-hydrogen) atoms. The third-order valence-electron chi connectivity index (χ3n) is 2.75. The van der Waals surface area contributed by atoms with E-state index in [1.54, 1.807) is 0 Å². The van der Waals surface area contributed by atoms with Crippen LogP contribution < -0.4 is 4.74 Å². The van der Waals surface area contributed by atoms with Gasteiger partial charge < -0.3 is 14.9 Å². The summed E-state index contributed by atoms with van der Waals surface area (Å²) in [6, 6.07) is 2.77. The molecule has 0 spiro atoms. The molecule has 0 heterocycles. The molecule has 0 aliphatic rings. The number of halogens is 4. The normalized spacial score (nSPS) is 10.4. The van der Waals surface area contributed by atoms with E-state index in [0.29, 0.717) is 0 Å². The average Bonchev–Trinajstić information content (AvgIpc) is 2.50. The molecular formula is C14H6F4O5. The molecule has 0 bridgehead atoms. The van der Waals surface area contributed by atoms with E-state index in [1.807, 2.05) is 0 Å². The first kappa shape index (κ1) is 16.3. The molecule has 0 atom stereocenters. The van der Waals surface area contributed by atoms with Crippen LogP contribution in [0.15, 0.2) is 24.3 Å². The lowest BCUT2D eigenvalue weighted by Crippen LogP contribution is -2.08. The minimum absolute atomic E-state index is 0.235. The first-order chi connectivity index (χ1) is 10.7. The van der Waals surface area contributed by atoms with Crippen molar-refractivity contribution in [2.75, 3.05) is 0 Å². The van der Waals surface area contributed by atoms with E-state index in [1.165, 1.54) is 0 Å².